The standard InChI is InChI=1S/C20H21F3N2O3/c1-11-13(16-10-12(28-20(21,22)23)6-7-17(16)24-11)8-9-25-18(26)14-4-2-3-5-15(14)19(25)27/h6-7,10,14-15,24H,2-5,8-9H2,1H3/t14-,15-/m0/s1. The van der Waals surface area contributed by atoms with Crippen LogP contribution in [0.3, 0.4) is 0 Å². The van der Waals surface area contributed by atoms with Crippen molar-refractivity contribution in [3.05, 3.63) is 29.5 Å². The lowest BCUT2D eigenvalue weighted by atomic mass is 9.81. The second kappa shape index (κ2) is 6.83. The van der Waals surface area contributed by atoms with E-state index in [4.69, 9.17) is 0 Å². The van der Waals surface area contributed by atoms with Gasteiger partial charge in [0, 0.05) is 23.1 Å². The van der Waals surface area contributed by atoms with Gasteiger partial charge in [-0.3, -0.25) is 14.5 Å². The Bertz CT molecular complexity index is 911. The summed E-state index contributed by atoms with van der Waals surface area (Å²) < 4.78 is 41.6. The molecular weight excluding hydrogens is 373 g/mol. The van der Waals surface area contributed by atoms with Crippen LogP contribution in [0.2, 0.25) is 0 Å². The number of aryl methyl sites for hydroxylation is 1. The Labute approximate surface area is 159 Å². The summed E-state index contributed by atoms with van der Waals surface area (Å²) in [4.78, 5) is 29.7. The summed E-state index contributed by atoms with van der Waals surface area (Å²) in [6, 6.07) is 4.14. The van der Waals surface area contributed by atoms with Crippen LogP contribution in [0, 0.1) is 18.8 Å². The number of hydrogen-bond acceptors (Lipinski definition) is 3. The highest BCUT2D eigenvalue weighted by Crippen LogP contribution is 2.38. The SMILES string of the molecule is Cc1[nH]c2ccc(OC(F)(F)F)cc2c1CCN1C(=O)[C@H]2CCCC[C@@H]2C1=O. The van der Waals surface area contributed by atoms with E-state index in [-0.39, 0.29) is 35.9 Å². The van der Waals surface area contributed by atoms with E-state index in [1.54, 1.807) is 0 Å². The lowest BCUT2D eigenvalue weighted by molar-refractivity contribution is -0.274. The molecule has 0 bridgehead atoms. The van der Waals surface area contributed by atoms with Crippen LogP contribution in [-0.4, -0.2) is 34.6 Å². The van der Waals surface area contributed by atoms with Crippen LogP contribution >= 0.6 is 0 Å². The van der Waals surface area contributed by atoms with Crippen molar-refractivity contribution in [2.45, 2.75) is 45.4 Å². The average molecular weight is 394 g/mol. The van der Waals surface area contributed by atoms with Crippen LogP contribution < -0.4 is 4.74 Å². The predicted molar refractivity (Wildman–Crippen MR) is 95.6 cm³/mol. The minimum Gasteiger partial charge on any atom is -0.406 e. The Morgan fingerprint density at radius 2 is 1.79 bits per heavy atom. The molecule has 2 heterocycles. The van der Waals surface area contributed by atoms with Gasteiger partial charge in [0.25, 0.3) is 0 Å². The summed E-state index contributed by atoms with van der Waals surface area (Å²) >= 11 is 0. The predicted octanol–water partition coefficient (Wildman–Crippen LogP) is 4.09. The lowest BCUT2D eigenvalue weighted by Crippen LogP contribution is -2.33. The number of nitrogens with one attached hydrogen (secondary N) is 1. The topological polar surface area (TPSA) is 62.4 Å². The number of amides is 2. The van der Waals surface area contributed by atoms with Crippen LogP contribution in [0.4, 0.5) is 13.2 Å². The van der Waals surface area contributed by atoms with E-state index in [0.717, 1.165) is 36.9 Å². The summed E-state index contributed by atoms with van der Waals surface area (Å²) in [6.45, 7) is 2.07. The molecule has 8 heteroatoms. The fourth-order valence-corrected chi connectivity index (χ4v) is 4.56. The molecule has 1 aromatic heterocycles. The first-order valence-electron chi connectivity index (χ1n) is 9.47. The first-order chi connectivity index (χ1) is 13.2. The van der Waals surface area contributed by atoms with Gasteiger partial charge < -0.3 is 9.72 Å². The van der Waals surface area contributed by atoms with Crippen LogP contribution in [0.1, 0.15) is 36.9 Å². The summed E-state index contributed by atoms with van der Waals surface area (Å²) in [5, 5.41) is 0.607. The van der Waals surface area contributed by atoms with Gasteiger partial charge in [-0.05, 0) is 49.9 Å². The zero-order valence-electron chi connectivity index (χ0n) is 15.4. The highest BCUT2D eigenvalue weighted by atomic mass is 19.4. The van der Waals surface area contributed by atoms with Gasteiger partial charge in [0.05, 0.1) is 11.8 Å². The van der Waals surface area contributed by atoms with E-state index < -0.39 is 6.36 Å². The molecule has 2 aliphatic rings. The summed E-state index contributed by atoms with van der Waals surface area (Å²) in [5.41, 5.74) is 2.28. The minimum absolute atomic E-state index is 0.103. The van der Waals surface area contributed by atoms with E-state index >= 15 is 0 Å². The molecule has 1 aromatic carbocycles. The van der Waals surface area contributed by atoms with Crippen molar-refractivity contribution in [3.8, 4) is 5.75 Å². The smallest absolute Gasteiger partial charge is 0.406 e. The van der Waals surface area contributed by atoms with E-state index in [1.165, 1.54) is 23.1 Å². The van der Waals surface area contributed by atoms with Gasteiger partial charge in [-0.15, -0.1) is 13.2 Å². The van der Waals surface area contributed by atoms with Gasteiger partial charge >= 0.3 is 6.36 Å². The number of aromatic nitrogens is 1. The molecule has 28 heavy (non-hydrogen) atoms. The van der Waals surface area contributed by atoms with Gasteiger partial charge in [-0.25, -0.2) is 0 Å². The first-order valence-corrected chi connectivity index (χ1v) is 9.47. The maximum absolute atomic E-state index is 12.6. The number of halogens is 3. The average Bonchev–Trinajstić information content (AvgIpc) is 3.06. The van der Waals surface area contributed by atoms with Gasteiger partial charge in [-0.2, -0.15) is 0 Å². The number of imide groups is 1. The fourth-order valence-electron chi connectivity index (χ4n) is 4.56. The van der Waals surface area contributed by atoms with Gasteiger partial charge in [0.2, 0.25) is 11.8 Å². The van der Waals surface area contributed by atoms with Crippen molar-refractivity contribution in [2.75, 3.05) is 6.54 Å². The molecule has 2 aromatic rings. The van der Waals surface area contributed by atoms with E-state index in [2.05, 4.69) is 9.72 Å². The van der Waals surface area contributed by atoms with Crippen LogP contribution in [0.5, 0.6) is 5.75 Å². The number of benzene rings is 1. The Kier molecular flexibility index (Phi) is 4.59. The molecule has 150 valence electrons. The Hall–Kier alpha value is -2.51. The number of H-pyrrole nitrogens is 1. The van der Waals surface area contributed by atoms with Gasteiger partial charge in [0.15, 0.2) is 0 Å². The molecule has 4 rings (SSSR count). The van der Waals surface area contributed by atoms with Crippen LogP contribution in [-0.2, 0) is 16.0 Å². The van der Waals surface area contributed by atoms with E-state index in [0.29, 0.717) is 17.3 Å². The number of rotatable bonds is 4. The highest BCUT2D eigenvalue weighted by Gasteiger charge is 2.47. The first kappa shape index (κ1) is 18.8. The molecule has 0 radical (unpaired) electrons. The van der Waals surface area contributed by atoms with Crippen LogP contribution in [0.15, 0.2) is 18.2 Å². The van der Waals surface area contributed by atoms with Crippen molar-refractivity contribution in [2.24, 2.45) is 11.8 Å². The van der Waals surface area contributed by atoms with Crippen molar-refractivity contribution >= 4 is 22.7 Å². The molecule has 2 atom stereocenters. The van der Waals surface area contributed by atoms with Gasteiger partial charge in [0.1, 0.15) is 5.75 Å². The normalized spacial score (nSPS) is 22.8. The minimum atomic E-state index is -4.76. The lowest BCUT2D eigenvalue weighted by Gasteiger charge is -2.19. The van der Waals surface area contributed by atoms with Gasteiger partial charge in [-0.1, -0.05) is 12.8 Å². The quantitative estimate of drug-likeness (QED) is 0.795. The molecule has 1 aliphatic heterocycles. The summed E-state index contributed by atoms with van der Waals surface area (Å²) in [7, 11) is 0. The third kappa shape index (κ3) is 3.36. The molecule has 2 fully saturated rings. The maximum Gasteiger partial charge on any atom is 0.573 e. The van der Waals surface area contributed by atoms with Crippen molar-refractivity contribution in [1.29, 1.82) is 0 Å². The monoisotopic (exact) mass is 394 g/mol. The molecule has 1 saturated heterocycles. The van der Waals surface area contributed by atoms with Crippen molar-refractivity contribution in [1.82, 2.24) is 9.88 Å². The Morgan fingerprint density at radius 1 is 1.14 bits per heavy atom. The number of fused-ring (bicyclic) bond motifs is 2. The number of nitrogens with zero attached hydrogens (tertiary/aromatic N) is 1. The molecule has 0 unspecified atom stereocenters. The molecule has 0 spiro atoms. The number of carbonyl (C=O) groups is 2. The second-order valence-electron chi connectivity index (χ2n) is 7.56. The van der Waals surface area contributed by atoms with Crippen molar-refractivity contribution in [3.63, 3.8) is 0 Å². The fraction of sp³-hybridized carbons (Fsp3) is 0.500. The number of alkyl halides is 3. The number of ether oxygens (including phenoxy) is 1. The van der Waals surface area contributed by atoms with Crippen molar-refractivity contribution < 1.29 is 27.5 Å². The Balaban J connectivity index is 1.56. The highest BCUT2D eigenvalue weighted by molar-refractivity contribution is 6.05. The second-order valence-corrected chi connectivity index (χ2v) is 7.56. The largest absolute Gasteiger partial charge is 0.573 e. The number of likely N-dealkylation sites (tertiary alicyclic amines) is 1. The molecule has 2 amide bonds. The number of aromatic amines is 1. The van der Waals surface area contributed by atoms with Crippen LogP contribution in [0.25, 0.3) is 10.9 Å². The molecular formula is C20H21F3N2O3. The number of hydrogen-bond donors (Lipinski definition) is 1. The summed E-state index contributed by atoms with van der Waals surface area (Å²) in [5.74, 6) is -0.893. The maximum atomic E-state index is 12.6. The zero-order chi connectivity index (χ0) is 20.1. The molecule has 1 N–H and O–H groups in total. The molecule has 1 aliphatic carbocycles. The third-order valence-corrected chi connectivity index (χ3v) is 5.84. The third-order valence-electron chi connectivity index (χ3n) is 5.84. The molecule has 1 saturated carbocycles. The zero-order valence-corrected chi connectivity index (χ0v) is 15.4. The molecule has 5 nitrogen and oxygen atoms in total. The summed E-state index contributed by atoms with van der Waals surface area (Å²) in [6.07, 6.45) is -0.913. The Morgan fingerprint density at radius 3 is 2.39 bits per heavy atom. The van der Waals surface area contributed by atoms with E-state index in [1.807, 2.05) is 6.92 Å². The van der Waals surface area contributed by atoms with E-state index in [9.17, 15) is 22.8 Å². The number of carbonyl (C=O) groups excluding carboxylic acids is 2.